The summed E-state index contributed by atoms with van der Waals surface area (Å²) in [7, 11) is 0. The van der Waals surface area contributed by atoms with Crippen LogP contribution in [0.15, 0.2) is 18.2 Å². The van der Waals surface area contributed by atoms with E-state index in [-0.39, 0.29) is 6.04 Å². The van der Waals surface area contributed by atoms with E-state index >= 15 is 0 Å². The van der Waals surface area contributed by atoms with Gasteiger partial charge < -0.3 is 0 Å². The standard InChI is InChI=1S/C12H13Cl2N/c1-3-4-7-15-9(2)10-5-6-11(13)12(14)8-10/h5-6,8-9,15H,7H2,1-2H3. The highest BCUT2D eigenvalue weighted by molar-refractivity contribution is 6.42. The van der Waals surface area contributed by atoms with Crippen LogP contribution in [0.1, 0.15) is 25.5 Å². The quantitative estimate of drug-likeness (QED) is 0.797. The van der Waals surface area contributed by atoms with Crippen LogP contribution >= 0.6 is 23.2 Å². The first-order valence-corrected chi connectivity index (χ1v) is 5.48. The molecule has 0 amide bonds. The number of hydrogen-bond donors (Lipinski definition) is 1. The van der Waals surface area contributed by atoms with Crippen LogP contribution in [0.3, 0.4) is 0 Å². The smallest absolute Gasteiger partial charge is 0.0595 e. The maximum Gasteiger partial charge on any atom is 0.0595 e. The highest BCUT2D eigenvalue weighted by Gasteiger charge is 2.05. The molecule has 1 aromatic carbocycles. The van der Waals surface area contributed by atoms with Crippen molar-refractivity contribution in [3.8, 4) is 11.8 Å². The molecule has 1 rings (SSSR count). The minimum absolute atomic E-state index is 0.223. The van der Waals surface area contributed by atoms with Crippen LogP contribution in [-0.2, 0) is 0 Å². The van der Waals surface area contributed by atoms with E-state index in [1.165, 1.54) is 0 Å². The molecule has 0 bridgehead atoms. The van der Waals surface area contributed by atoms with Crippen LogP contribution in [-0.4, -0.2) is 6.54 Å². The average Bonchev–Trinajstić information content (AvgIpc) is 2.22. The predicted octanol–water partition coefficient (Wildman–Crippen LogP) is 3.67. The highest BCUT2D eigenvalue weighted by atomic mass is 35.5. The van der Waals surface area contributed by atoms with E-state index in [9.17, 15) is 0 Å². The third-order valence-corrected chi connectivity index (χ3v) is 2.86. The molecule has 3 heteroatoms. The summed E-state index contributed by atoms with van der Waals surface area (Å²) in [6.45, 7) is 4.57. The molecule has 1 N–H and O–H groups in total. The third-order valence-electron chi connectivity index (χ3n) is 2.12. The van der Waals surface area contributed by atoms with Crippen molar-refractivity contribution in [3.05, 3.63) is 33.8 Å². The van der Waals surface area contributed by atoms with Gasteiger partial charge in [-0.05, 0) is 31.5 Å². The lowest BCUT2D eigenvalue weighted by atomic mass is 10.1. The van der Waals surface area contributed by atoms with E-state index in [1.807, 2.05) is 25.1 Å². The van der Waals surface area contributed by atoms with E-state index in [2.05, 4.69) is 24.1 Å². The molecule has 0 saturated heterocycles. The third kappa shape index (κ3) is 3.76. The van der Waals surface area contributed by atoms with Gasteiger partial charge in [0.1, 0.15) is 0 Å². The predicted molar refractivity (Wildman–Crippen MR) is 66.3 cm³/mol. The summed E-state index contributed by atoms with van der Waals surface area (Å²) in [4.78, 5) is 0. The molecule has 0 aromatic heterocycles. The second kappa shape index (κ2) is 6.02. The zero-order valence-electron chi connectivity index (χ0n) is 8.77. The van der Waals surface area contributed by atoms with E-state index < -0.39 is 0 Å². The lowest BCUT2D eigenvalue weighted by Gasteiger charge is -2.12. The summed E-state index contributed by atoms with van der Waals surface area (Å²) in [5.41, 5.74) is 1.11. The van der Waals surface area contributed by atoms with Crippen molar-refractivity contribution in [2.75, 3.05) is 6.54 Å². The summed E-state index contributed by atoms with van der Waals surface area (Å²) in [6, 6.07) is 5.87. The molecule has 80 valence electrons. The number of hydrogen-bond acceptors (Lipinski definition) is 1. The van der Waals surface area contributed by atoms with E-state index in [1.54, 1.807) is 0 Å². The van der Waals surface area contributed by atoms with Gasteiger partial charge in [-0.3, -0.25) is 5.32 Å². The fraction of sp³-hybridized carbons (Fsp3) is 0.333. The Hall–Kier alpha value is -0.680. The van der Waals surface area contributed by atoms with Gasteiger partial charge >= 0.3 is 0 Å². The molecule has 0 radical (unpaired) electrons. The molecule has 1 unspecified atom stereocenters. The average molecular weight is 242 g/mol. The maximum absolute atomic E-state index is 5.93. The first-order chi connectivity index (χ1) is 7.15. The van der Waals surface area contributed by atoms with E-state index in [4.69, 9.17) is 23.2 Å². The summed E-state index contributed by atoms with van der Waals surface area (Å²) in [5.74, 6) is 5.79. The van der Waals surface area contributed by atoms with Crippen molar-refractivity contribution in [1.82, 2.24) is 5.32 Å². The maximum atomic E-state index is 5.93. The largest absolute Gasteiger partial charge is 0.300 e. The van der Waals surface area contributed by atoms with Gasteiger partial charge in [-0.2, -0.15) is 0 Å². The van der Waals surface area contributed by atoms with Crippen LogP contribution in [0, 0.1) is 11.8 Å². The van der Waals surface area contributed by atoms with Crippen molar-refractivity contribution < 1.29 is 0 Å². The van der Waals surface area contributed by atoms with Crippen molar-refractivity contribution in [2.45, 2.75) is 19.9 Å². The molecular formula is C12H13Cl2N. The molecule has 1 aromatic rings. The number of benzene rings is 1. The minimum atomic E-state index is 0.223. The second-order valence-corrected chi connectivity index (χ2v) is 4.02. The number of rotatable bonds is 3. The fourth-order valence-corrected chi connectivity index (χ4v) is 1.50. The summed E-state index contributed by atoms with van der Waals surface area (Å²) in [5, 5.41) is 4.44. The summed E-state index contributed by atoms with van der Waals surface area (Å²) >= 11 is 11.8. The molecule has 0 saturated carbocycles. The van der Waals surface area contributed by atoms with Gasteiger partial charge in [0.15, 0.2) is 0 Å². The SMILES string of the molecule is CC#CCNC(C)c1ccc(Cl)c(Cl)c1. The zero-order valence-corrected chi connectivity index (χ0v) is 10.3. The molecular weight excluding hydrogens is 229 g/mol. The molecule has 15 heavy (non-hydrogen) atoms. The molecule has 0 spiro atoms. The van der Waals surface area contributed by atoms with Crippen LogP contribution in [0.25, 0.3) is 0 Å². The van der Waals surface area contributed by atoms with Crippen LogP contribution in [0.4, 0.5) is 0 Å². The lowest BCUT2D eigenvalue weighted by molar-refractivity contribution is 0.623. The first kappa shape index (κ1) is 12.4. The van der Waals surface area contributed by atoms with Gasteiger partial charge in [0.2, 0.25) is 0 Å². The number of halogens is 2. The monoisotopic (exact) mass is 241 g/mol. The summed E-state index contributed by atoms with van der Waals surface area (Å²) in [6.07, 6.45) is 0. The van der Waals surface area contributed by atoms with Crippen molar-refractivity contribution in [2.24, 2.45) is 0 Å². The lowest BCUT2D eigenvalue weighted by Crippen LogP contribution is -2.18. The Bertz CT molecular complexity index is 390. The molecule has 0 heterocycles. The Balaban J connectivity index is 2.68. The van der Waals surface area contributed by atoms with Gasteiger partial charge in [0, 0.05) is 6.04 Å². The van der Waals surface area contributed by atoms with Crippen LogP contribution in [0.5, 0.6) is 0 Å². The topological polar surface area (TPSA) is 12.0 Å². The molecule has 0 aliphatic heterocycles. The van der Waals surface area contributed by atoms with Crippen molar-refractivity contribution >= 4 is 23.2 Å². The second-order valence-electron chi connectivity index (χ2n) is 3.20. The Morgan fingerprint density at radius 2 is 2.07 bits per heavy atom. The number of nitrogens with one attached hydrogen (secondary N) is 1. The Kier molecular flexibility index (Phi) is 4.98. The summed E-state index contributed by atoms with van der Waals surface area (Å²) < 4.78 is 0. The molecule has 0 aliphatic rings. The molecule has 1 atom stereocenters. The fourth-order valence-electron chi connectivity index (χ4n) is 1.19. The van der Waals surface area contributed by atoms with Crippen LogP contribution in [0.2, 0.25) is 10.0 Å². The highest BCUT2D eigenvalue weighted by Crippen LogP contribution is 2.25. The Morgan fingerprint density at radius 1 is 1.33 bits per heavy atom. The van der Waals surface area contributed by atoms with E-state index in [0.29, 0.717) is 16.6 Å². The van der Waals surface area contributed by atoms with Gasteiger partial charge in [-0.25, -0.2) is 0 Å². The minimum Gasteiger partial charge on any atom is -0.300 e. The molecule has 1 nitrogen and oxygen atoms in total. The van der Waals surface area contributed by atoms with E-state index in [0.717, 1.165) is 5.56 Å². The van der Waals surface area contributed by atoms with Gasteiger partial charge in [-0.1, -0.05) is 35.2 Å². The molecule has 0 aliphatic carbocycles. The zero-order chi connectivity index (χ0) is 11.3. The van der Waals surface area contributed by atoms with Crippen molar-refractivity contribution in [1.29, 1.82) is 0 Å². The van der Waals surface area contributed by atoms with Gasteiger partial charge in [0.25, 0.3) is 0 Å². The first-order valence-electron chi connectivity index (χ1n) is 4.73. The molecule has 0 fully saturated rings. The van der Waals surface area contributed by atoms with Crippen molar-refractivity contribution in [3.63, 3.8) is 0 Å². The normalized spacial score (nSPS) is 11.7. The Labute approximate surface area is 101 Å². The van der Waals surface area contributed by atoms with Gasteiger partial charge in [-0.15, -0.1) is 5.92 Å². The van der Waals surface area contributed by atoms with Gasteiger partial charge in [0.05, 0.1) is 16.6 Å². The Morgan fingerprint density at radius 3 is 2.67 bits per heavy atom. The van der Waals surface area contributed by atoms with Crippen LogP contribution < -0.4 is 5.32 Å².